The molecule has 0 amide bonds. The van der Waals surface area contributed by atoms with Gasteiger partial charge in [0.05, 0.1) is 10.4 Å². The summed E-state index contributed by atoms with van der Waals surface area (Å²) >= 11 is 13.9. The van der Waals surface area contributed by atoms with Crippen molar-refractivity contribution in [3.8, 4) is 0 Å². The van der Waals surface area contributed by atoms with E-state index in [4.69, 9.17) is 23.2 Å². The first-order chi connectivity index (χ1) is 5.68. The molecular formula is C7H3Cl2IN2. The normalized spacial score (nSPS) is 10.9. The molecule has 0 aliphatic carbocycles. The van der Waals surface area contributed by atoms with Crippen LogP contribution < -0.4 is 0 Å². The summed E-state index contributed by atoms with van der Waals surface area (Å²) < 4.78 is 1.05. The van der Waals surface area contributed by atoms with E-state index in [0.717, 1.165) is 14.6 Å². The van der Waals surface area contributed by atoms with Crippen LogP contribution in [0, 0.1) is 3.57 Å². The summed E-state index contributed by atoms with van der Waals surface area (Å²) in [6.45, 7) is 0. The highest BCUT2D eigenvalue weighted by Gasteiger charge is 2.07. The molecule has 2 heterocycles. The third-order valence-corrected chi connectivity index (χ3v) is 2.86. The monoisotopic (exact) mass is 312 g/mol. The second-order valence-electron chi connectivity index (χ2n) is 2.29. The molecule has 12 heavy (non-hydrogen) atoms. The number of pyridine rings is 1. The average molecular weight is 313 g/mol. The molecule has 62 valence electrons. The van der Waals surface area contributed by atoms with E-state index in [1.807, 2.05) is 6.20 Å². The minimum atomic E-state index is 0.408. The minimum Gasteiger partial charge on any atom is -0.345 e. The minimum absolute atomic E-state index is 0.408. The van der Waals surface area contributed by atoms with Crippen molar-refractivity contribution in [3.63, 3.8) is 0 Å². The van der Waals surface area contributed by atoms with Crippen molar-refractivity contribution >= 4 is 56.8 Å². The van der Waals surface area contributed by atoms with Gasteiger partial charge in [0, 0.05) is 9.77 Å². The van der Waals surface area contributed by atoms with E-state index in [1.165, 1.54) is 0 Å². The molecule has 0 bridgehead atoms. The molecule has 0 aliphatic rings. The molecule has 5 heteroatoms. The van der Waals surface area contributed by atoms with Crippen LogP contribution in [0.3, 0.4) is 0 Å². The van der Waals surface area contributed by atoms with Gasteiger partial charge in [-0.05, 0) is 28.7 Å². The Hall–Kier alpha value is -0.000000000000000111. The van der Waals surface area contributed by atoms with Crippen LogP contribution in [0.15, 0.2) is 12.3 Å². The van der Waals surface area contributed by atoms with Gasteiger partial charge in [0.25, 0.3) is 0 Å². The molecule has 2 rings (SSSR count). The highest BCUT2D eigenvalue weighted by molar-refractivity contribution is 14.1. The summed E-state index contributed by atoms with van der Waals surface area (Å²) in [5.74, 6) is 0. The maximum atomic E-state index is 5.96. The number of nitrogens with zero attached hydrogens (tertiary/aromatic N) is 1. The van der Waals surface area contributed by atoms with Gasteiger partial charge in [0.15, 0.2) is 0 Å². The molecule has 0 atom stereocenters. The molecule has 2 aromatic rings. The van der Waals surface area contributed by atoms with Gasteiger partial charge in [0.2, 0.25) is 0 Å². The van der Waals surface area contributed by atoms with Crippen LogP contribution in [0.25, 0.3) is 11.0 Å². The highest BCUT2D eigenvalue weighted by atomic mass is 127. The molecule has 0 saturated heterocycles. The zero-order valence-electron chi connectivity index (χ0n) is 5.74. The fourth-order valence-electron chi connectivity index (χ4n) is 1.02. The van der Waals surface area contributed by atoms with Crippen LogP contribution in [-0.4, -0.2) is 9.97 Å². The van der Waals surface area contributed by atoms with Gasteiger partial charge >= 0.3 is 0 Å². The Morgan fingerprint density at radius 3 is 2.92 bits per heavy atom. The Morgan fingerprint density at radius 2 is 2.17 bits per heavy atom. The van der Waals surface area contributed by atoms with Crippen molar-refractivity contribution in [2.45, 2.75) is 0 Å². The molecular weight excluding hydrogens is 310 g/mol. The zero-order chi connectivity index (χ0) is 8.72. The number of H-pyrrole nitrogens is 1. The van der Waals surface area contributed by atoms with Gasteiger partial charge < -0.3 is 4.98 Å². The number of nitrogens with one attached hydrogen (secondary N) is 1. The summed E-state index contributed by atoms with van der Waals surface area (Å²) in [5.41, 5.74) is 0.733. The average Bonchev–Trinajstić information content (AvgIpc) is 2.31. The third kappa shape index (κ3) is 1.30. The van der Waals surface area contributed by atoms with Gasteiger partial charge in [-0.2, -0.15) is 0 Å². The largest absolute Gasteiger partial charge is 0.345 e. The van der Waals surface area contributed by atoms with Crippen molar-refractivity contribution in [2.75, 3.05) is 0 Å². The maximum absolute atomic E-state index is 5.96. The topological polar surface area (TPSA) is 28.7 Å². The Balaban J connectivity index is 2.93. The summed E-state index contributed by atoms with van der Waals surface area (Å²) in [6.07, 6.45) is 1.85. The lowest BCUT2D eigenvalue weighted by Crippen LogP contribution is -1.78. The van der Waals surface area contributed by atoms with Crippen molar-refractivity contribution in [2.24, 2.45) is 0 Å². The Morgan fingerprint density at radius 1 is 1.42 bits per heavy atom. The van der Waals surface area contributed by atoms with Gasteiger partial charge in [0.1, 0.15) is 10.8 Å². The quantitative estimate of drug-likeness (QED) is 0.585. The SMILES string of the molecule is Clc1cc(Cl)c2c(I)c[nH]c2n1. The third-order valence-electron chi connectivity index (χ3n) is 1.51. The first kappa shape index (κ1) is 8.59. The van der Waals surface area contributed by atoms with Crippen LogP contribution in [0.4, 0.5) is 0 Å². The lowest BCUT2D eigenvalue weighted by Gasteiger charge is -1.94. The van der Waals surface area contributed by atoms with Crippen molar-refractivity contribution in [1.82, 2.24) is 9.97 Å². The first-order valence-electron chi connectivity index (χ1n) is 3.17. The molecule has 0 unspecified atom stereocenters. The number of hydrogen-bond acceptors (Lipinski definition) is 1. The molecule has 0 radical (unpaired) electrons. The van der Waals surface area contributed by atoms with E-state index in [0.29, 0.717) is 10.2 Å². The molecule has 0 saturated carbocycles. The second-order valence-corrected chi connectivity index (χ2v) is 4.24. The van der Waals surface area contributed by atoms with E-state index in [-0.39, 0.29) is 0 Å². The Kier molecular flexibility index (Phi) is 2.18. The van der Waals surface area contributed by atoms with Crippen molar-refractivity contribution in [3.05, 3.63) is 26.0 Å². The summed E-state index contributed by atoms with van der Waals surface area (Å²) in [4.78, 5) is 7.06. The number of hydrogen-bond donors (Lipinski definition) is 1. The molecule has 0 fully saturated rings. The van der Waals surface area contributed by atoms with E-state index >= 15 is 0 Å². The van der Waals surface area contributed by atoms with Gasteiger partial charge in [-0.25, -0.2) is 4.98 Å². The lowest BCUT2D eigenvalue weighted by atomic mass is 10.3. The van der Waals surface area contributed by atoms with Crippen molar-refractivity contribution < 1.29 is 0 Å². The summed E-state index contributed by atoms with van der Waals surface area (Å²) in [5, 5.41) is 1.98. The molecule has 0 aromatic carbocycles. The van der Waals surface area contributed by atoms with Crippen LogP contribution in [0.2, 0.25) is 10.2 Å². The number of halogens is 3. The second kappa shape index (κ2) is 3.05. The lowest BCUT2D eigenvalue weighted by molar-refractivity contribution is 1.32. The van der Waals surface area contributed by atoms with Crippen LogP contribution in [-0.2, 0) is 0 Å². The van der Waals surface area contributed by atoms with Gasteiger partial charge in [-0.15, -0.1) is 0 Å². The number of fused-ring (bicyclic) bond motifs is 1. The molecule has 2 nitrogen and oxygen atoms in total. The predicted octanol–water partition coefficient (Wildman–Crippen LogP) is 3.47. The smallest absolute Gasteiger partial charge is 0.141 e. The van der Waals surface area contributed by atoms with E-state index in [2.05, 4.69) is 32.6 Å². The maximum Gasteiger partial charge on any atom is 0.141 e. The van der Waals surface area contributed by atoms with Gasteiger partial charge in [-0.3, -0.25) is 0 Å². The number of aromatic amines is 1. The Bertz CT molecular complexity index is 438. The molecule has 1 N–H and O–H groups in total. The van der Waals surface area contributed by atoms with Crippen LogP contribution in [0.5, 0.6) is 0 Å². The van der Waals surface area contributed by atoms with E-state index in [1.54, 1.807) is 6.07 Å². The predicted molar refractivity (Wildman–Crippen MR) is 58.8 cm³/mol. The van der Waals surface area contributed by atoms with Crippen molar-refractivity contribution in [1.29, 1.82) is 0 Å². The number of aromatic nitrogens is 2. The summed E-state index contributed by atoms with van der Waals surface area (Å²) in [6, 6.07) is 1.64. The number of rotatable bonds is 0. The first-order valence-corrected chi connectivity index (χ1v) is 5.00. The van der Waals surface area contributed by atoms with Crippen LogP contribution >= 0.6 is 45.8 Å². The fourth-order valence-corrected chi connectivity index (χ4v) is 2.43. The molecule has 0 aliphatic heterocycles. The van der Waals surface area contributed by atoms with Gasteiger partial charge in [-0.1, -0.05) is 23.2 Å². The standard InChI is InChI=1S/C7H3Cl2IN2/c8-3-1-5(9)12-7-6(3)4(10)2-11-7/h1-2H,(H,11,12). The van der Waals surface area contributed by atoms with E-state index < -0.39 is 0 Å². The molecule has 2 aromatic heterocycles. The highest BCUT2D eigenvalue weighted by Crippen LogP contribution is 2.28. The Labute approximate surface area is 92.4 Å². The molecule has 0 spiro atoms. The zero-order valence-corrected chi connectivity index (χ0v) is 9.41. The fraction of sp³-hybridized carbons (Fsp3) is 0. The van der Waals surface area contributed by atoms with Crippen LogP contribution in [0.1, 0.15) is 0 Å². The summed E-state index contributed by atoms with van der Waals surface area (Å²) in [7, 11) is 0. The van der Waals surface area contributed by atoms with E-state index in [9.17, 15) is 0 Å².